The average Bonchev–Trinajstić information content (AvgIpc) is 2.66. The van der Waals surface area contributed by atoms with Gasteiger partial charge in [-0.05, 0) is 22.8 Å². The Morgan fingerprint density at radius 3 is 2.41 bits per heavy atom. The summed E-state index contributed by atoms with van der Waals surface area (Å²) in [7, 11) is 0. The Kier molecular flexibility index (Phi) is 5.35. The van der Waals surface area contributed by atoms with Crippen molar-refractivity contribution in [2.75, 3.05) is 0 Å². The van der Waals surface area contributed by atoms with E-state index in [1.165, 1.54) is 11.8 Å². The minimum absolute atomic E-state index is 0.0302. The third-order valence-electron chi connectivity index (χ3n) is 4.53. The highest BCUT2D eigenvalue weighted by Gasteiger charge is 2.30. The number of hydrogen-bond acceptors (Lipinski definition) is 3. The van der Waals surface area contributed by atoms with E-state index in [0.29, 0.717) is 5.56 Å². The van der Waals surface area contributed by atoms with Crippen LogP contribution in [0, 0.1) is 0 Å². The summed E-state index contributed by atoms with van der Waals surface area (Å²) in [5.74, 6) is -1.76. The predicted octanol–water partition coefficient (Wildman–Crippen LogP) is 2.89. The number of carboxylic acid groups (broad SMARTS) is 1. The fourth-order valence-electron chi connectivity index (χ4n) is 3.24. The molecule has 0 fully saturated rings. The van der Waals surface area contributed by atoms with Gasteiger partial charge in [-0.2, -0.15) is 0 Å². The zero-order chi connectivity index (χ0) is 19.4. The standard InChI is InChI=1S/C21H20N2O4/c1-14(24)23-12-11-15-7-5-6-10-17(15)18(23)13-19(25)22-20(21(26)27)16-8-3-2-4-9-16/h2-12,18,20H,13H2,1H3,(H,22,25)(H,26,27). The highest BCUT2D eigenvalue weighted by Crippen LogP contribution is 2.33. The minimum atomic E-state index is -1.14. The Balaban J connectivity index is 1.82. The number of aliphatic carboxylic acids is 1. The molecule has 0 aliphatic carbocycles. The SMILES string of the molecule is CC(=O)N1C=Cc2ccccc2C1CC(=O)NC(C(=O)O)c1ccccc1. The Morgan fingerprint density at radius 1 is 1.07 bits per heavy atom. The molecular weight excluding hydrogens is 344 g/mol. The molecule has 0 bridgehead atoms. The maximum atomic E-state index is 12.6. The lowest BCUT2D eigenvalue weighted by Gasteiger charge is -2.32. The van der Waals surface area contributed by atoms with Crippen LogP contribution in [0.2, 0.25) is 0 Å². The van der Waals surface area contributed by atoms with Gasteiger partial charge in [-0.15, -0.1) is 0 Å². The second-order valence-corrected chi connectivity index (χ2v) is 6.34. The van der Waals surface area contributed by atoms with Crippen LogP contribution in [0.1, 0.15) is 42.1 Å². The van der Waals surface area contributed by atoms with Crippen LogP contribution in [-0.2, 0) is 14.4 Å². The number of benzene rings is 2. The van der Waals surface area contributed by atoms with Crippen molar-refractivity contribution >= 4 is 23.9 Å². The Hall–Kier alpha value is -3.41. The van der Waals surface area contributed by atoms with Gasteiger partial charge in [-0.3, -0.25) is 9.59 Å². The van der Waals surface area contributed by atoms with Gasteiger partial charge < -0.3 is 15.3 Å². The molecule has 6 nitrogen and oxygen atoms in total. The number of carbonyl (C=O) groups is 3. The Bertz CT molecular complexity index is 892. The maximum absolute atomic E-state index is 12.6. The summed E-state index contributed by atoms with van der Waals surface area (Å²) < 4.78 is 0. The van der Waals surface area contributed by atoms with Gasteiger partial charge in [0.2, 0.25) is 11.8 Å². The topological polar surface area (TPSA) is 86.7 Å². The molecular formula is C21H20N2O4. The summed E-state index contributed by atoms with van der Waals surface area (Å²) in [4.78, 5) is 37.8. The van der Waals surface area contributed by atoms with Crippen LogP contribution < -0.4 is 5.32 Å². The number of nitrogens with zero attached hydrogens (tertiary/aromatic N) is 1. The van der Waals surface area contributed by atoms with Gasteiger partial charge in [0.15, 0.2) is 6.04 Å². The number of rotatable bonds is 5. The van der Waals surface area contributed by atoms with Crippen molar-refractivity contribution in [1.29, 1.82) is 0 Å². The van der Waals surface area contributed by atoms with Gasteiger partial charge in [0.25, 0.3) is 0 Å². The van der Waals surface area contributed by atoms with Crippen LogP contribution in [0.25, 0.3) is 6.08 Å². The number of carboxylic acids is 1. The van der Waals surface area contributed by atoms with Gasteiger partial charge >= 0.3 is 5.97 Å². The van der Waals surface area contributed by atoms with Crippen LogP contribution >= 0.6 is 0 Å². The quantitative estimate of drug-likeness (QED) is 0.854. The van der Waals surface area contributed by atoms with Crippen molar-refractivity contribution < 1.29 is 19.5 Å². The minimum Gasteiger partial charge on any atom is -0.479 e. The van der Waals surface area contributed by atoms with Crippen molar-refractivity contribution in [3.05, 3.63) is 77.5 Å². The molecule has 2 aromatic carbocycles. The summed E-state index contributed by atoms with van der Waals surface area (Å²) >= 11 is 0. The van der Waals surface area contributed by atoms with Crippen molar-refractivity contribution in [2.45, 2.75) is 25.4 Å². The molecule has 3 rings (SSSR count). The van der Waals surface area contributed by atoms with E-state index < -0.39 is 24.0 Å². The van der Waals surface area contributed by atoms with E-state index in [-0.39, 0.29) is 12.3 Å². The summed E-state index contributed by atoms with van der Waals surface area (Å²) in [5.41, 5.74) is 2.29. The van der Waals surface area contributed by atoms with Crippen LogP contribution in [-0.4, -0.2) is 27.8 Å². The smallest absolute Gasteiger partial charge is 0.330 e. The van der Waals surface area contributed by atoms with Crippen LogP contribution in [0.15, 0.2) is 60.8 Å². The van der Waals surface area contributed by atoms with E-state index in [2.05, 4.69) is 5.32 Å². The molecule has 0 saturated heterocycles. The molecule has 2 aromatic rings. The molecule has 2 amide bonds. The average molecular weight is 364 g/mol. The van der Waals surface area contributed by atoms with Crippen molar-refractivity contribution in [2.24, 2.45) is 0 Å². The molecule has 2 N–H and O–H groups in total. The molecule has 138 valence electrons. The molecule has 1 aliphatic rings. The van der Waals surface area contributed by atoms with E-state index in [0.717, 1.165) is 11.1 Å². The number of amides is 2. The van der Waals surface area contributed by atoms with Gasteiger partial charge in [0, 0.05) is 13.1 Å². The molecule has 1 aliphatic heterocycles. The lowest BCUT2D eigenvalue weighted by molar-refractivity contribution is -0.142. The van der Waals surface area contributed by atoms with E-state index in [9.17, 15) is 19.5 Å². The summed E-state index contributed by atoms with van der Waals surface area (Å²) in [6, 6.07) is 14.4. The molecule has 2 unspecified atom stereocenters. The summed E-state index contributed by atoms with van der Waals surface area (Å²) in [6.45, 7) is 1.44. The van der Waals surface area contributed by atoms with E-state index in [1.807, 2.05) is 30.3 Å². The normalized spacial score (nSPS) is 16.3. The molecule has 0 saturated carbocycles. The van der Waals surface area contributed by atoms with E-state index in [4.69, 9.17) is 0 Å². The number of carbonyl (C=O) groups excluding carboxylic acids is 2. The van der Waals surface area contributed by atoms with Crippen molar-refractivity contribution in [3.8, 4) is 0 Å². The van der Waals surface area contributed by atoms with Gasteiger partial charge in [-0.1, -0.05) is 54.6 Å². The monoisotopic (exact) mass is 364 g/mol. The van der Waals surface area contributed by atoms with Crippen LogP contribution in [0.3, 0.4) is 0 Å². The fourth-order valence-corrected chi connectivity index (χ4v) is 3.24. The van der Waals surface area contributed by atoms with Gasteiger partial charge in [0.1, 0.15) is 0 Å². The lowest BCUT2D eigenvalue weighted by Crippen LogP contribution is -2.38. The maximum Gasteiger partial charge on any atom is 0.330 e. The Morgan fingerprint density at radius 2 is 1.74 bits per heavy atom. The molecule has 27 heavy (non-hydrogen) atoms. The largest absolute Gasteiger partial charge is 0.479 e. The third-order valence-corrected chi connectivity index (χ3v) is 4.53. The molecule has 1 heterocycles. The first-order chi connectivity index (χ1) is 13.0. The zero-order valence-corrected chi connectivity index (χ0v) is 14.8. The predicted molar refractivity (Wildman–Crippen MR) is 100 cm³/mol. The fraction of sp³-hybridized carbons (Fsp3) is 0.190. The number of hydrogen-bond donors (Lipinski definition) is 2. The number of fused-ring (bicyclic) bond motifs is 1. The van der Waals surface area contributed by atoms with Gasteiger partial charge in [0.05, 0.1) is 12.5 Å². The first kappa shape index (κ1) is 18.4. The van der Waals surface area contributed by atoms with E-state index >= 15 is 0 Å². The first-order valence-electron chi connectivity index (χ1n) is 8.60. The van der Waals surface area contributed by atoms with E-state index in [1.54, 1.807) is 36.5 Å². The van der Waals surface area contributed by atoms with Crippen LogP contribution in [0.4, 0.5) is 0 Å². The highest BCUT2D eigenvalue weighted by molar-refractivity contribution is 5.86. The zero-order valence-electron chi connectivity index (χ0n) is 14.8. The first-order valence-corrected chi connectivity index (χ1v) is 8.60. The molecule has 6 heteroatoms. The molecule has 2 atom stereocenters. The van der Waals surface area contributed by atoms with Crippen molar-refractivity contribution in [1.82, 2.24) is 10.2 Å². The van der Waals surface area contributed by atoms with Crippen molar-refractivity contribution in [3.63, 3.8) is 0 Å². The summed E-state index contributed by atoms with van der Waals surface area (Å²) in [5, 5.41) is 12.1. The second kappa shape index (κ2) is 7.86. The van der Waals surface area contributed by atoms with Crippen LogP contribution in [0.5, 0.6) is 0 Å². The summed E-state index contributed by atoms with van der Waals surface area (Å²) in [6.07, 6.45) is 3.46. The molecule has 0 aromatic heterocycles. The number of nitrogens with one attached hydrogen (secondary N) is 1. The highest BCUT2D eigenvalue weighted by atomic mass is 16.4. The lowest BCUT2D eigenvalue weighted by atomic mass is 9.93. The molecule has 0 radical (unpaired) electrons. The molecule has 0 spiro atoms. The third kappa shape index (κ3) is 4.06. The van der Waals surface area contributed by atoms with Gasteiger partial charge in [-0.25, -0.2) is 4.79 Å². The second-order valence-electron chi connectivity index (χ2n) is 6.34. The Labute approximate surface area is 157 Å².